The smallest absolute Gasteiger partial charge is 0.254 e. The number of carbonyl (C=O) groups excluding carboxylic acids is 2. The molecular weight excluding hydrogens is 366 g/mol. The van der Waals surface area contributed by atoms with Crippen LogP contribution in [0.4, 0.5) is 8.78 Å². The summed E-state index contributed by atoms with van der Waals surface area (Å²) in [4.78, 5) is 31.3. The Hall–Kier alpha value is -3.29. The maximum absolute atomic E-state index is 13.5. The number of amides is 2. The van der Waals surface area contributed by atoms with Gasteiger partial charge in [-0.25, -0.2) is 13.8 Å². The molecule has 0 saturated carbocycles. The van der Waals surface area contributed by atoms with Gasteiger partial charge in [0.15, 0.2) is 0 Å². The van der Waals surface area contributed by atoms with Gasteiger partial charge in [0, 0.05) is 32.0 Å². The van der Waals surface area contributed by atoms with Crippen LogP contribution in [0.5, 0.6) is 0 Å². The molecule has 0 aliphatic heterocycles. The number of hydrogen-bond donors (Lipinski definition) is 3. The van der Waals surface area contributed by atoms with Crippen molar-refractivity contribution in [2.24, 2.45) is 0 Å². The van der Waals surface area contributed by atoms with Crippen LogP contribution in [-0.2, 0) is 11.2 Å². The van der Waals surface area contributed by atoms with Crippen LogP contribution in [0.2, 0.25) is 0 Å². The third-order valence-corrected chi connectivity index (χ3v) is 4.16. The Morgan fingerprint density at radius 3 is 2.64 bits per heavy atom. The lowest BCUT2D eigenvalue weighted by Gasteiger charge is -2.07. The molecule has 146 valence electrons. The molecule has 0 fully saturated rings. The minimum Gasteiger partial charge on any atom is -0.356 e. The lowest BCUT2D eigenvalue weighted by atomic mass is 10.2. The van der Waals surface area contributed by atoms with E-state index in [0.29, 0.717) is 25.5 Å². The van der Waals surface area contributed by atoms with Gasteiger partial charge in [-0.2, -0.15) is 0 Å². The van der Waals surface area contributed by atoms with Gasteiger partial charge in [-0.3, -0.25) is 9.59 Å². The molecule has 2 aromatic carbocycles. The maximum atomic E-state index is 13.5. The minimum atomic E-state index is -0.916. The normalized spacial score (nSPS) is 10.8. The summed E-state index contributed by atoms with van der Waals surface area (Å²) in [5.74, 6) is -1.63. The van der Waals surface area contributed by atoms with Crippen LogP contribution in [0.15, 0.2) is 42.5 Å². The second kappa shape index (κ2) is 9.07. The zero-order valence-electron chi connectivity index (χ0n) is 15.1. The molecule has 2 amide bonds. The zero-order chi connectivity index (χ0) is 19.9. The summed E-state index contributed by atoms with van der Waals surface area (Å²) >= 11 is 0. The van der Waals surface area contributed by atoms with Crippen molar-refractivity contribution >= 4 is 22.8 Å². The van der Waals surface area contributed by atoms with E-state index in [0.717, 1.165) is 29.0 Å². The predicted octanol–water partition coefficient (Wildman–Crippen LogP) is 2.71. The first-order chi connectivity index (χ1) is 13.5. The van der Waals surface area contributed by atoms with Crippen molar-refractivity contribution in [3.63, 3.8) is 0 Å². The Labute approximate surface area is 160 Å². The number of imidazole rings is 1. The molecule has 0 bridgehead atoms. The fraction of sp³-hybridized carbons (Fsp3) is 0.250. The van der Waals surface area contributed by atoms with Gasteiger partial charge < -0.3 is 15.6 Å². The summed E-state index contributed by atoms with van der Waals surface area (Å²) in [6.07, 6.45) is 1.22. The Kier molecular flexibility index (Phi) is 6.31. The van der Waals surface area contributed by atoms with Crippen LogP contribution in [0, 0.1) is 11.6 Å². The number of H-pyrrole nitrogens is 1. The van der Waals surface area contributed by atoms with Gasteiger partial charge in [0.05, 0.1) is 16.6 Å². The van der Waals surface area contributed by atoms with Crippen molar-refractivity contribution in [2.45, 2.75) is 19.3 Å². The number of halogens is 2. The Bertz CT molecular complexity index is 954. The fourth-order valence-electron chi connectivity index (χ4n) is 2.75. The summed E-state index contributed by atoms with van der Waals surface area (Å²) in [5.41, 5.74) is 1.62. The summed E-state index contributed by atoms with van der Waals surface area (Å²) in [6, 6.07) is 10.5. The highest BCUT2D eigenvalue weighted by Crippen LogP contribution is 2.10. The van der Waals surface area contributed by atoms with Gasteiger partial charge in [0.2, 0.25) is 5.91 Å². The molecule has 0 saturated heterocycles. The molecule has 3 rings (SSSR count). The number of para-hydroxylation sites is 2. The number of nitrogens with one attached hydrogen (secondary N) is 3. The van der Waals surface area contributed by atoms with E-state index in [-0.39, 0.29) is 24.4 Å². The van der Waals surface area contributed by atoms with Crippen molar-refractivity contribution in [3.8, 4) is 0 Å². The van der Waals surface area contributed by atoms with Gasteiger partial charge in [-0.1, -0.05) is 12.1 Å². The van der Waals surface area contributed by atoms with Crippen LogP contribution < -0.4 is 10.6 Å². The summed E-state index contributed by atoms with van der Waals surface area (Å²) < 4.78 is 26.4. The van der Waals surface area contributed by atoms with Crippen LogP contribution in [-0.4, -0.2) is 34.9 Å². The molecule has 0 aliphatic rings. The molecule has 0 unspecified atom stereocenters. The molecule has 1 aromatic heterocycles. The highest BCUT2D eigenvalue weighted by atomic mass is 19.1. The fourth-order valence-corrected chi connectivity index (χ4v) is 2.75. The van der Waals surface area contributed by atoms with Gasteiger partial charge in [-0.15, -0.1) is 0 Å². The van der Waals surface area contributed by atoms with Crippen molar-refractivity contribution < 1.29 is 18.4 Å². The highest BCUT2D eigenvalue weighted by Gasteiger charge is 2.12. The molecule has 3 aromatic rings. The van der Waals surface area contributed by atoms with E-state index in [2.05, 4.69) is 20.6 Å². The van der Waals surface area contributed by atoms with E-state index in [9.17, 15) is 18.4 Å². The second-order valence-corrected chi connectivity index (χ2v) is 6.28. The lowest BCUT2D eigenvalue weighted by molar-refractivity contribution is -0.121. The molecule has 6 nitrogen and oxygen atoms in total. The van der Waals surface area contributed by atoms with Crippen molar-refractivity contribution in [2.75, 3.05) is 13.1 Å². The highest BCUT2D eigenvalue weighted by molar-refractivity contribution is 5.94. The Balaban J connectivity index is 1.33. The van der Waals surface area contributed by atoms with Crippen molar-refractivity contribution in [1.29, 1.82) is 0 Å². The van der Waals surface area contributed by atoms with Gasteiger partial charge >= 0.3 is 0 Å². The quantitative estimate of drug-likeness (QED) is 0.520. The average molecular weight is 386 g/mol. The zero-order valence-corrected chi connectivity index (χ0v) is 15.1. The van der Waals surface area contributed by atoms with Crippen molar-refractivity contribution in [3.05, 3.63) is 65.5 Å². The van der Waals surface area contributed by atoms with E-state index in [1.54, 1.807) is 0 Å². The Morgan fingerprint density at radius 1 is 1.04 bits per heavy atom. The number of aromatic nitrogens is 2. The first kappa shape index (κ1) is 19.5. The number of hydrogen-bond acceptors (Lipinski definition) is 3. The minimum absolute atomic E-state index is 0.140. The molecule has 0 radical (unpaired) electrons. The van der Waals surface area contributed by atoms with Crippen LogP contribution in [0.3, 0.4) is 0 Å². The summed E-state index contributed by atoms with van der Waals surface area (Å²) in [7, 11) is 0. The molecule has 3 N–H and O–H groups in total. The summed E-state index contributed by atoms with van der Waals surface area (Å²) in [6.45, 7) is 0.665. The monoisotopic (exact) mass is 386 g/mol. The molecule has 0 aliphatic carbocycles. The Morgan fingerprint density at radius 2 is 1.86 bits per heavy atom. The van der Waals surface area contributed by atoms with Crippen LogP contribution >= 0.6 is 0 Å². The molecule has 8 heteroatoms. The lowest BCUT2D eigenvalue weighted by Crippen LogP contribution is -2.29. The topological polar surface area (TPSA) is 86.9 Å². The number of nitrogens with zero attached hydrogens (tertiary/aromatic N) is 1. The second-order valence-electron chi connectivity index (χ2n) is 6.28. The molecule has 0 spiro atoms. The van der Waals surface area contributed by atoms with Crippen LogP contribution in [0.1, 0.15) is 29.0 Å². The molecule has 0 atom stereocenters. The molecular formula is C20H20F2N4O2. The number of aromatic amines is 1. The van der Waals surface area contributed by atoms with Gasteiger partial charge in [-0.05, 0) is 30.7 Å². The average Bonchev–Trinajstić information content (AvgIpc) is 3.08. The third-order valence-electron chi connectivity index (χ3n) is 4.16. The number of rotatable bonds is 8. The van der Waals surface area contributed by atoms with Crippen LogP contribution in [0.25, 0.3) is 11.0 Å². The SMILES string of the molecule is O=C(CCCNC(=O)c1ccc(F)cc1F)NCCc1nc2ccccc2[nH]1. The first-order valence-corrected chi connectivity index (χ1v) is 8.96. The van der Waals surface area contributed by atoms with Gasteiger partial charge in [0.25, 0.3) is 5.91 Å². The number of fused-ring (bicyclic) bond motifs is 1. The first-order valence-electron chi connectivity index (χ1n) is 8.96. The van der Waals surface area contributed by atoms with Crippen molar-refractivity contribution in [1.82, 2.24) is 20.6 Å². The largest absolute Gasteiger partial charge is 0.356 e. The molecule has 1 heterocycles. The standard InChI is InChI=1S/C20H20F2N4O2/c21-13-7-8-14(15(22)12-13)20(28)24-10-3-6-19(27)23-11-9-18-25-16-4-1-2-5-17(16)26-18/h1-2,4-5,7-8,12H,3,6,9-11H2,(H,23,27)(H,24,28)(H,25,26). The number of carbonyl (C=O) groups is 2. The van der Waals surface area contributed by atoms with E-state index < -0.39 is 17.5 Å². The predicted molar refractivity (Wildman–Crippen MR) is 101 cm³/mol. The number of benzene rings is 2. The third kappa shape index (κ3) is 5.12. The summed E-state index contributed by atoms with van der Waals surface area (Å²) in [5, 5.41) is 5.31. The van der Waals surface area contributed by atoms with E-state index >= 15 is 0 Å². The van der Waals surface area contributed by atoms with Gasteiger partial charge in [0.1, 0.15) is 17.5 Å². The van der Waals surface area contributed by atoms with E-state index in [1.165, 1.54) is 0 Å². The molecule has 28 heavy (non-hydrogen) atoms. The maximum Gasteiger partial charge on any atom is 0.254 e. The van der Waals surface area contributed by atoms with E-state index in [1.807, 2.05) is 24.3 Å². The van der Waals surface area contributed by atoms with E-state index in [4.69, 9.17) is 0 Å².